The fourth-order valence-corrected chi connectivity index (χ4v) is 1.34. The second-order valence-corrected chi connectivity index (χ2v) is 3.83. The zero-order valence-electron chi connectivity index (χ0n) is 9.64. The molecule has 0 bridgehead atoms. The molecule has 1 atom stereocenters. The van der Waals surface area contributed by atoms with E-state index in [1.54, 1.807) is 0 Å². The zero-order chi connectivity index (χ0) is 11.0. The number of hydrogen-bond acceptors (Lipinski definition) is 2. The van der Waals surface area contributed by atoms with Gasteiger partial charge in [-0.15, -0.1) is 12.3 Å². The van der Waals surface area contributed by atoms with E-state index in [1.807, 2.05) is 13.8 Å². The van der Waals surface area contributed by atoms with Gasteiger partial charge in [0.15, 0.2) is 0 Å². The van der Waals surface area contributed by atoms with Gasteiger partial charge in [0.1, 0.15) is 0 Å². The summed E-state index contributed by atoms with van der Waals surface area (Å²) in [6.07, 6.45) is 8.56. The van der Waals surface area contributed by atoms with Crippen LogP contribution >= 0.6 is 0 Å². The predicted octanol–water partition coefficient (Wildman–Crippen LogP) is 1.93. The molecular weight excluding hydrogens is 174 g/mol. The van der Waals surface area contributed by atoms with Crippen LogP contribution in [0.4, 0.5) is 0 Å². The summed E-state index contributed by atoms with van der Waals surface area (Å²) in [5.41, 5.74) is -0.567. The van der Waals surface area contributed by atoms with E-state index in [0.717, 1.165) is 25.7 Å². The van der Waals surface area contributed by atoms with Gasteiger partial charge in [-0.25, -0.2) is 0 Å². The molecule has 2 nitrogen and oxygen atoms in total. The molecule has 2 heteroatoms. The first-order chi connectivity index (χ1) is 6.61. The Bertz CT molecular complexity index is 179. The van der Waals surface area contributed by atoms with Gasteiger partial charge in [0.05, 0.1) is 5.60 Å². The number of terminal acetylenes is 1. The maximum Gasteiger partial charge on any atom is 0.0766 e. The average molecular weight is 197 g/mol. The Hall–Kier alpha value is -0.520. The van der Waals surface area contributed by atoms with Crippen molar-refractivity contribution in [2.45, 2.75) is 58.1 Å². The van der Waals surface area contributed by atoms with Crippen LogP contribution in [-0.2, 0) is 0 Å². The Balaban J connectivity index is 3.95. The predicted molar refractivity (Wildman–Crippen MR) is 61.1 cm³/mol. The second kappa shape index (κ2) is 6.86. The largest absolute Gasteiger partial charge is 0.389 e. The fourth-order valence-electron chi connectivity index (χ4n) is 1.34. The molecular formula is C12H23NO. The van der Waals surface area contributed by atoms with E-state index < -0.39 is 5.60 Å². The molecule has 2 N–H and O–H groups in total. The molecule has 0 amide bonds. The summed E-state index contributed by atoms with van der Waals surface area (Å²) in [6.45, 7) is 6.76. The topological polar surface area (TPSA) is 32.3 Å². The molecule has 14 heavy (non-hydrogen) atoms. The molecule has 0 aromatic carbocycles. The maximum atomic E-state index is 10.0. The molecule has 0 spiro atoms. The summed E-state index contributed by atoms with van der Waals surface area (Å²) in [6, 6.07) is 0.338. The smallest absolute Gasteiger partial charge is 0.0766 e. The Kier molecular flexibility index (Phi) is 6.61. The van der Waals surface area contributed by atoms with Crippen LogP contribution in [0, 0.1) is 12.3 Å². The highest BCUT2D eigenvalue weighted by molar-refractivity contribution is 4.90. The molecule has 0 heterocycles. The summed E-state index contributed by atoms with van der Waals surface area (Å²) in [5, 5.41) is 13.3. The molecule has 0 aliphatic heterocycles. The van der Waals surface area contributed by atoms with Gasteiger partial charge in [-0.1, -0.05) is 20.8 Å². The van der Waals surface area contributed by atoms with E-state index in [-0.39, 0.29) is 0 Å². The number of hydrogen-bond donors (Lipinski definition) is 2. The Labute approximate surface area is 88.1 Å². The van der Waals surface area contributed by atoms with Gasteiger partial charge >= 0.3 is 0 Å². The van der Waals surface area contributed by atoms with Crippen molar-refractivity contribution < 1.29 is 5.11 Å². The van der Waals surface area contributed by atoms with Crippen molar-refractivity contribution in [3.63, 3.8) is 0 Å². The normalized spacial score (nSPS) is 13.6. The summed E-state index contributed by atoms with van der Waals surface area (Å²) in [5.74, 6) is 2.65. The Morgan fingerprint density at radius 2 is 1.93 bits per heavy atom. The van der Waals surface area contributed by atoms with Crippen LogP contribution in [0.25, 0.3) is 0 Å². The van der Waals surface area contributed by atoms with Crippen LogP contribution < -0.4 is 5.32 Å². The number of rotatable bonds is 7. The molecule has 0 aromatic heterocycles. The lowest BCUT2D eigenvalue weighted by atomic mass is 9.97. The minimum Gasteiger partial charge on any atom is -0.389 e. The molecule has 0 aromatic rings. The molecule has 0 radical (unpaired) electrons. The van der Waals surface area contributed by atoms with Crippen LogP contribution in [0.3, 0.4) is 0 Å². The van der Waals surface area contributed by atoms with Crippen molar-refractivity contribution in [3.8, 4) is 12.3 Å². The first kappa shape index (κ1) is 13.5. The van der Waals surface area contributed by atoms with Gasteiger partial charge in [0, 0.05) is 19.0 Å². The first-order valence-electron chi connectivity index (χ1n) is 5.51. The molecule has 0 aliphatic carbocycles. The quantitative estimate of drug-likeness (QED) is 0.611. The van der Waals surface area contributed by atoms with Crippen LogP contribution in [-0.4, -0.2) is 23.3 Å². The SMILES string of the molecule is C#CCC(CC)NCC(O)(CC)CC. The van der Waals surface area contributed by atoms with Crippen LogP contribution in [0.15, 0.2) is 0 Å². The molecule has 82 valence electrons. The summed E-state index contributed by atoms with van der Waals surface area (Å²) in [4.78, 5) is 0. The van der Waals surface area contributed by atoms with Gasteiger partial charge in [-0.05, 0) is 19.3 Å². The van der Waals surface area contributed by atoms with Gasteiger partial charge in [-0.2, -0.15) is 0 Å². The van der Waals surface area contributed by atoms with E-state index in [0.29, 0.717) is 12.6 Å². The highest BCUT2D eigenvalue weighted by Gasteiger charge is 2.22. The summed E-state index contributed by atoms with van der Waals surface area (Å²) >= 11 is 0. The van der Waals surface area contributed by atoms with Gasteiger partial charge in [0.2, 0.25) is 0 Å². The fraction of sp³-hybridized carbons (Fsp3) is 0.833. The van der Waals surface area contributed by atoms with E-state index >= 15 is 0 Å². The minimum atomic E-state index is -0.567. The Morgan fingerprint density at radius 1 is 1.36 bits per heavy atom. The third kappa shape index (κ3) is 4.64. The van der Waals surface area contributed by atoms with Gasteiger partial charge < -0.3 is 10.4 Å². The van der Waals surface area contributed by atoms with Crippen molar-refractivity contribution in [1.82, 2.24) is 5.32 Å². The van der Waals surface area contributed by atoms with Crippen molar-refractivity contribution in [2.75, 3.05) is 6.54 Å². The lowest BCUT2D eigenvalue weighted by molar-refractivity contribution is 0.0299. The third-order valence-electron chi connectivity index (χ3n) is 2.89. The van der Waals surface area contributed by atoms with Gasteiger partial charge in [0.25, 0.3) is 0 Å². The maximum absolute atomic E-state index is 10.0. The molecule has 0 fully saturated rings. The van der Waals surface area contributed by atoms with E-state index in [2.05, 4.69) is 18.2 Å². The molecule has 0 saturated carbocycles. The van der Waals surface area contributed by atoms with E-state index in [4.69, 9.17) is 6.42 Å². The summed E-state index contributed by atoms with van der Waals surface area (Å²) in [7, 11) is 0. The van der Waals surface area contributed by atoms with Crippen molar-refractivity contribution in [3.05, 3.63) is 0 Å². The highest BCUT2D eigenvalue weighted by atomic mass is 16.3. The van der Waals surface area contributed by atoms with Crippen molar-refractivity contribution >= 4 is 0 Å². The monoisotopic (exact) mass is 197 g/mol. The lowest BCUT2D eigenvalue weighted by Crippen LogP contribution is -2.43. The second-order valence-electron chi connectivity index (χ2n) is 3.83. The lowest BCUT2D eigenvalue weighted by Gasteiger charge is -2.27. The third-order valence-corrected chi connectivity index (χ3v) is 2.89. The van der Waals surface area contributed by atoms with E-state index in [1.165, 1.54) is 0 Å². The molecule has 0 saturated heterocycles. The Morgan fingerprint density at radius 3 is 2.29 bits per heavy atom. The molecule has 0 rings (SSSR count). The van der Waals surface area contributed by atoms with E-state index in [9.17, 15) is 5.11 Å². The summed E-state index contributed by atoms with van der Waals surface area (Å²) < 4.78 is 0. The van der Waals surface area contributed by atoms with Crippen LogP contribution in [0.1, 0.15) is 46.5 Å². The molecule has 1 unspecified atom stereocenters. The first-order valence-corrected chi connectivity index (χ1v) is 5.51. The van der Waals surface area contributed by atoms with Crippen LogP contribution in [0.2, 0.25) is 0 Å². The number of aliphatic hydroxyl groups is 1. The van der Waals surface area contributed by atoms with Crippen molar-refractivity contribution in [2.24, 2.45) is 0 Å². The number of nitrogens with one attached hydrogen (secondary N) is 1. The average Bonchev–Trinajstić information content (AvgIpc) is 2.23. The zero-order valence-corrected chi connectivity index (χ0v) is 9.64. The standard InChI is InChI=1S/C12H23NO/c1-5-9-11(6-2)13-10-12(14,7-3)8-4/h1,11,13-14H,6-10H2,2-4H3. The minimum absolute atomic E-state index is 0.338. The van der Waals surface area contributed by atoms with Gasteiger partial charge in [-0.3, -0.25) is 0 Å². The van der Waals surface area contributed by atoms with Crippen LogP contribution in [0.5, 0.6) is 0 Å². The highest BCUT2D eigenvalue weighted by Crippen LogP contribution is 2.13. The van der Waals surface area contributed by atoms with Crippen molar-refractivity contribution in [1.29, 1.82) is 0 Å². The molecule has 0 aliphatic rings.